The smallest absolute Gasteiger partial charge is 0.0702 e. The topological polar surface area (TPSA) is 38.5 Å². The standard InChI is InChI=1S/C14H24N2OS/c1-3-12(15)14(13-7-5-9-18-13)16(2)10-11-6-4-8-17-11/h5,7,9,11-12,14H,3-4,6,8,10,15H2,1-2H3. The second-order valence-electron chi connectivity index (χ2n) is 5.11. The van der Waals surface area contributed by atoms with E-state index in [9.17, 15) is 0 Å². The van der Waals surface area contributed by atoms with Gasteiger partial charge >= 0.3 is 0 Å². The van der Waals surface area contributed by atoms with E-state index in [0.717, 1.165) is 19.6 Å². The monoisotopic (exact) mass is 268 g/mol. The van der Waals surface area contributed by atoms with Crippen molar-refractivity contribution in [3.8, 4) is 0 Å². The Hall–Kier alpha value is -0.420. The van der Waals surface area contributed by atoms with Crippen LogP contribution in [0.2, 0.25) is 0 Å². The molecule has 0 radical (unpaired) electrons. The average Bonchev–Trinajstić information content (AvgIpc) is 3.02. The average molecular weight is 268 g/mol. The van der Waals surface area contributed by atoms with Gasteiger partial charge in [-0.05, 0) is 37.8 Å². The predicted octanol–water partition coefficient (Wildman–Crippen LogP) is 2.64. The molecule has 102 valence electrons. The number of hydrogen-bond donors (Lipinski definition) is 1. The third-order valence-electron chi connectivity index (χ3n) is 3.70. The molecule has 0 amide bonds. The summed E-state index contributed by atoms with van der Waals surface area (Å²) in [4.78, 5) is 3.74. The van der Waals surface area contributed by atoms with E-state index in [2.05, 4.69) is 36.4 Å². The van der Waals surface area contributed by atoms with Gasteiger partial charge in [-0.3, -0.25) is 4.90 Å². The van der Waals surface area contributed by atoms with Crippen LogP contribution in [0.25, 0.3) is 0 Å². The molecule has 3 nitrogen and oxygen atoms in total. The van der Waals surface area contributed by atoms with E-state index in [1.165, 1.54) is 17.7 Å². The molecule has 1 aromatic heterocycles. The van der Waals surface area contributed by atoms with Crippen LogP contribution in [-0.2, 0) is 4.74 Å². The summed E-state index contributed by atoms with van der Waals surface area (Å²) in [5.74, 6) is 0. The molecule has 1 saturated heterocycles. The zero-order valence-corrected chi connectivity index (χ0v) is 12.2. The molecule has 4 heteroatoms. The van der Waals surface area contributed by atoms with E-state index in [1.807, 2.05) is 0 Å². The number of thiophene rings is 1. The van der Waals surface area contributed by atoms with Crippen LogP contribution in [0.5, 0.6) is 0 Å². The van der Waals surface area contributed by atoms with Gasteiger partial charge in [-0.15, -0.1) is 11.3 Å². The molecule has 0 saturated carbocycles. The van der Waals surface area contributed by atoms with Gasteiger partial charge in [-0.25, -0.2) is 0 Å². The number of rotatable bonds is 6. The van der Waals surface area contributed by atoms with Gasteiger partial charge in [0.2, 0.25) is 0 Å². The first-order valence-corrected chi connectivity index (χ1v) is 7.71. The molecule has 2 N–H and O–H groups in total. The second-order valence-corrected chi connectivity index (χ2v) is 6.09. The van der Waals surface area contributed by atoms with Gasteiger partial charge in [-0.1, -0.05) is 13.0 Å². The molecule has 0 aromatic carbocycles. The molecule has 2 rings (SSSR count). The summed E-state index contributed by atoms with van der Waals surface area (Å²) in [6.07, 6.45) is 3.77. The lowest BCUT2D eigenvalue weighted by Crippen LogP contribution is -2.41. The maximum Gasteiger partial charge on any atom is 0.0702 e. The largest absolute Gasteiger partial charge is 0.377 e. The molecule has 3 unspecified atom stereocenters. The number of likely N-dealkylation sites (N-methyl/N-ethyl adjacent to an activating group) is 1. The van der Waals surface area contributed by atoms with Crippen molar-refractivity contribution in [2.24, 2.45) is 5.73 Å². The predicted molar refractivity (Wildman–Crippen MR) is 76.9 cm³/mol. The third kappa shape index (κ3) is 3.32. The van der Waals surface area contributed by atoms with Crippen molar-refractivity contribution >= 4 is 11.3 Å². The summed E-state index contributed by atoms with van der Waals surface area (Å²) < 4.78 is 5.73. The molecule has 1 aromatic rings. The minimum Gasteiger partial charge on any atom is -0.377 e. The Bertz CT molecular complexity index is 336. The third-order valence-corrected chi connectivity index (χ3v) is 4.65. The lowest BCUT2D eigenvalue weighted by molar-refractivity contribution is 0.0635. The number of nitrogens with zero attached hydrogens (tertiary/aromatic N) is 1. The van der Waals surface area contributed by atoms with Gasteiger partial charge in [0, 0.05) is 24.1 Å². The molecule has 1 aliphatic rings. The van der Waals surface area contributed by atoms with Gasteiger partial charge in [0.1, 0.15) is 0 Å². The van der Waals surface area contributed by atoms with Gasteiger partial charge < -0.3 is 10.5 Å². The molecule has 0 spiro atoms. The van der Waals surface area contributed by atoms with Crippen LogP contribution < -0.4 is 5.73 Å². The van der Waals surface area contributed by atoms with Crippen molar-refractivity contribution in [1.82, 2.24) is 4.90 Å². The summed E-state index contributed by atoms with van der Waals surface area (Å²) in [6, 6.07) is 4.81. The van der Waals surface area contributed by atoms with E-state index in [4.69, 9.17) is 10.5 Å². The normalized spacial score (nSPS) is 23.4. The van der Waals surface area contributed by atoms with Crippen molar-refractivity contribution in [2.75, 3.05) is 20.2 Å². The fraction of sp³-hybridized carbons (Fsp3) is 0.714. The zero-order chi connectivity index (χ0) is 13.0. The Morgan fingerprint density at radius 3 is 3.00 bits per heavy atom. The minimum absolute atomic E-state index is 0.190. The van der Waals surface area contributed by atoms with Crippen LogP contribution >= 0.6 is 11.3 Å². The van der Waals surface area contributed by atoms with E-state index in [0.29, 0.717) is 12.1 Å². The minimum atomic E-state index is 0.190. The Labute approximate surface area is 114 Å². The first kappa shape index (κ1) is 14.0. The van der Waals surface area contributed by atoms with E-state index in [1.54, 1.807) is 11.3 Å². The maximum atomic E-state index is 6.31. The van der Waals surface area contributed by atoms with Crippen molar-refractivity contribution in [3.05, 3.63) is 22.4 Å². The molecule has 18 heavy (non-hydrogen) atoms. The fourth-order valence-electron chi connectivity index (χ4n) is 2.66. The zero-order valence-electron chi connectivity index (χ0n) is 11.3. The molecule has 1 fully saturated rings. The van der Waals surface area contributed by atoms with Gasteiger partial charge in [0.15, 0.2) is 0 Å². The van der Waals surface area contributed by atoms with Crippen LogP contribution in [0.15, 0.2) is 17.5 Å². The summed E-state index contributed by atoms with van der Waals surface area (Å²) >= 11 is 1.80. The summed E-state index contributed by atoms with van der Waals surface area (Å²) in [5, 5.41) is 2.13. The van der Waals surface area contributed by atoms with Crippen molar-refractivity contribution in [2.45, 2.75) is 44.4 Å². The van der Waals surface area contributed by atoms with Crippen molar-refractivity contribution in [3.63, 3.8) is 0 Å². The molecule has 1 aliphatic heterocycles. The molecule has 2 heterocycles. The molecule has 0 bridgehead atoms. The highest BCUT2D eigenvalue weighted by molar-refractivity contribution is 7.10. The first-order chi connectivity index (χ1) is 8.72. The summed E-state index contributed by atoms with van der Waals surface area (Å²) in [7, 11) is 2.17. The highest BCUT2D eigenvalue weighted by Crippen LogP contribution is 2.28. The van der Waals surface area contributed by atoms with E-state index in [-0.39, 0.29) is 6.04 Å². The second kappa shape index (κ2) is 6.66. The summed E-state index contributed by atoms with van der Waals surface area (Å²) in [5.41, 5.74) is 6.31. The first-order valence-electron chi connectivity index (χ1n) is 6.83. The quantitative estimate of drug-likeness (QED) is 0.862. The lowest BCUT2D eigenvalue weighted by atomic mass is 10.0. The van der Waals surface area contributed by atoms with E-state index < -0.39 is 0 Å². The Balaban J connectivity index is 2.03. The van der Waals surface area contributed by atoms with Crippen molar-refractivity contribution in [1.29, 1.82) is 0 Å². The SMILES string of the molecule is CCC(N)C(c1cccs1)N(C)CC1CCCO1. The Morgan fingerprint density at radius 1 is 1.61 bits per heavy atom. The number of ether oxygens (including phenoxy) is 1. The molecule has 0 aliphatic carbocycles. The highest BCUT2D eigenvalue weighted by atomic mass is 32.1. The molecule has 3 atom stereocenters. The Morgan fingerprint density at radius 2 is 2.44 bits per heavy atom. The van der Waals surface area contributed by atoms with Crippen molar-refractivity contribution < 1.29 is 4.74 Å². The van der Waals surface area contributed by atoms with Crippen LogP contribution in [0.4, 0.5) is 0 Å². The van der Waals surface area contributed by atoms with Crippen LogP contribution in [-0.4, -0.2) is 37.2 Å². The van der Waals surface area contributed by atoms with Gasteiger partial charge in [-0.2, -0.15) is 0 Å². The fourth-order valence-corrected chi connectivity index (χ4v) is 3.63. The number of hydrogen-bond acceptors (Lipinski definition) is 4. The van der Waals surface area contributed by atoms with Gasteiger partial charge in [0.05, 0.1) is 12.1 Å². The maximum absolute atomic E-state index is 6.31. The highest BCUT2D eigenvalue weighted by Gasteiger charge is 2.27. The molecular formula is C14H24N2OS. The summed E-state index contributed by atoms with van der Waals surface area (Å²) in [6.45, 7) is 4.06. The van der Waals surface area contributed by atoms with E-state index >= 15 is 0 Å². The van der Waals surface area contributed by atoms with Crippen LogP contribution in [0.3, 0.4) is 0 Å². The number of nitrogens with two attached hydrogens (primary N) is 1. The van der Waals surface area contributed by atoms with Crippen LogP contribution in [0, 0.1) is 0 Å². The molecular weight excluding hydrogens is 244 g/mol. The lowest BCUT2D eigenvalue weighted by Gasteiger charge is -2.33. The van der Waals surface area contributed by atoms with Gasteiger partial charge in [0.25, 0.3) is 0 Å². The van der Waals surface area contributed by atoms with Crippen LogP contribution in [0.1, 0.15) is 37.1 Å². The Kier molecular flexibility index (Phi) is 5.18.